The number of carboxylic acids is 1. The number of rotatable bonds is 5. The molecule has 0 fully saturated rings. The second-order valence-electron chi connectivity index (χ2n) is 2.86. The zero-order valence-electron chi connectivity index (χ0n) is 8.21. The summed E-state index contributed by atoms with van der Waals surface area (Å²) in [6.07, 6.45) is 7.10. The highest BCUT2D eigenvalue weighted by Crippen LogP contribution is 2.09. The summed E-state index contributed by atoms with van der Waals surface area (Å²) in [5.41, 5.74) is 1.37. The van der Waals surface area contributed by atoms with Gasteiger partial charge in [0, 0.05) is 5.57 Å². The fraction of sp³-hybridized carbons (Fsp3) is 0.364. The second kappa shape index (κ2) is 6.23. The van der Waals surface area contributed by atoms with E-state index in [0.29, 0.717) is 5.57 Å². The zero-order valence-corrected chi connectivity index (χ0v) is 8.21. The van der Waals surface area contributed by atoms with Crippen molar-refractivity contribution >= 4 is 5.97 Å². The lowest BCUT2D eigenvalue weighted by Gasteiger charge is -1.99. The summed E-state index contributed by atoms with van der Waals surface area (Å²) < 4.78 is 0. The summed E-state index contributed by atoms with van der Waals surface area (Å²) in [6.45, 7) is 7.23. The standard InChI is InChI=1S/C11H16O2/c1-4-6-10(7-5-2)8-9(3)11(12)13/h4,6,8H,1,5,7H2,2-3H3,(H,12,13). The molecule has 0 atom stereocenters. The first-order valence-corrected chi connectivity index (χ1v) is 4.35. The molecule has 13 heavy (non-hydrogen) atoms. The third kappa shape index (κ3) is 5.01. The van der Waals surface area contributed by atoms with E-state index in [1.54, 1.807) is 19.1 Å². The topological polar surface area (TPSA) is 37.3 Å². The number of hydrogen-bond acceptors (Lipinski definition) is 1. The average molecular weight is 180 g/mol. The molecule has 0 bridgehead atoms. The number of carboxylic acid groups (broad SMARTS) is 1. The first-order valence-electron chi connectivity index (χ1n) is 4.35. The lowest BCUT2D eigenvalue weighted by molar-refractivity contribution is -0.132. The van der Waals surface area contributed by atoms with Gasteiger partial charge in [-0.25, -0.2) is 4.79 Å². The van der Waals surface area contributed by atoms with Gasteiger partial charge < -0.3 is 5.11 Å². The van der Waals surface area contributed by atoms with Crippen molar-refractivity contribution in [2.75, 3.05) is 0 Å². The Morgan fingerprint density at radius 3 is 2.54 bits per heavy atom. The van der Waals surface area contributed by atoms with Crippen molar-refractivity contribution < 1.29 is 9.90 Å². The van der Waals surface area contributed by atoms with Crippen LogP contribution in [0.25, 0.3) is 0 Å². The van der Waals surface area contributed by atoms with Crippen molar-refractivity contribution in [3.63, 3.8) is 0 Å². The maximum Gasteiger partial charge on any atom is 0.331 e. The van der Waals surface area contributed by atoms with Crippen molar-refractivity contribution in [2.24, 2.45) is 0 Å². The van der Waals surface area contributed by atoms with E-state index in [-0.39, 0.29) is 0 Å². The average Bonchev–Trinajstić information content (AvgIpc) is 2.05. The van der Waals surface area contributed by atoms with Crippen LogP contribution in [-0.4, -0.2) is 11.1 Å². The second-order valence-corrected chi connectivity index (χ2v) is 2.86. The minimum atomic E-state index is -0.869. The van der Waals surface area contributed by atoms with E-state index < -0.39 is 5.97 Å². The van der Waals surface area contributed by atoms with E-state index in [9.17, 15) is 4.79 Å². The van der Waals surface area contributed by atoms with Crippen LogP contribution in [0.5, 0.6) is 0 Å². The Hall–Kier alpha value is -1.31. The van der Waals surface area contributed by atoms with Gasteiger partial charge in [-0.15, -0.1) is 0 Å². The van der Waals surface area contributed by atoms with Crippen molar-refractivity contribution in [3.8, 4) is 0 Å². The van der Waals surface area contributed by atoms with Gasteiger partial charge in [0.2, 0.25) is 0 Å². The molecule has 0 amide bonds. The molecule has 0 aromatic carbocycles. The predicted molar refractivity (Wildman–Crippen MR) is 54.6 cm³/mol. The Bertz CT molecular complexity index is 247. The smallest absolute Gasteiger partial charge is 0.331 e. The minimum Gasteiger partial charge on any atom is -0.478 e. The molecule has 0 radical (unpaired) electrons. The number of allylic oxidation sites excluding steroid dienone is 4. The van der Waals surface area contributed by atoms with Gasteiger partial charge in [-0.2, -0.15) is 0 Å². The summed E-state index contributed by atoms with van der Waals surface area (Å²) in [7, 11) is 0. The lowest BCUT2D eigenvalue weighted by atomic mass is 10.1. The predicted octanol–water partition coefficient (Wildman–Crippen LogP) is 2.93. The van der Waals surface area contributed by atoms with Gasteiger partial charge in [-0.3, -0.25) is 0 Å². The fourth-order valence-electron chi connectivity index (χ4n) is 0.983. The third-order valence-corrected chi connectivity index (χ3v) is 1.61. The molecule has 0 unspecified atom stereocenters. The van der Waals surface area contributed by atoms with Gasteiger partial charge in [0.05, 0.1) is 0 Å². The Kier molecular flexibility index (Phi) is 5.60. The summed E-state index contributed by atoms with van der Waals surface area (Å²) in [5, 5.41) is 8.65. The van der Waals surface area contributed by atoms with E-state index in [0.717, 1.165) is 18.4 Å². The van der Waals surface area contributed by atoms with Crippen LogP contribution in [0.3, 0.4) is 0 Å². The Morgan fingerprint density at radius 2 is 2.15 bits per heavy atom. The van der Waals surface area contributed by atoms with Crippen LogP contribution < -0.4 is 0 Å². The van der Waals surface area contributed by atoms with Gasteiger partial charge in [-0.05, 0) is 25.0 Å². The largest absolute Gasteiger partial charge is 0.478 e. The molecule has 0 aromatic heterocycles. The van der Waals surface area contributed by atoms with Gasteiger partial charge in [0.1, 0.15) is 0 Å². The molecular weight excluding hydrogens is 164 g/mol. The Labute approximate surface area is 79.3 Å². The fourth-order valence-corrected chi connectivity index (χ4v) is 0.983. The molecule has 0 rings (SSSR count). The molecule has 0 saturated heterocycles. The normalized spacial score (nSPS) is 12.8. The lowest BCUT2D eigenvalue weighted by Crippen LogP contribution is -1.96. The molecule has 0 spiro atoms. The third-order valence-electron chi connectivity index (χ3n) is 1.61. The summed E-state index contributed by atoms with van der Waals surface area (Å²) in [4.78, 5) is 10.5. The van der Waals surface area contributed by atoms with E-state index >= 15 is 0 Å². The maximum absolute atomic E-state index is 10.5. The molecule has 2 nitrogen and oxygen atoms in total. The molecule has 0 aliphatic rings. The van der Waals surface area contributed by atoms with Crippen molar-refractivity contribution in [1.82, 2.24) is 0 Å². The van der Waals surface area contributed by atoms with Crippen LogP contribution in [0.1, 0.15) is 26.7 Å². The molecule has 0 aliphatic carbocycles. The van der Waals surface area contributed by atoms with Crippen LogP contribution in [0, 0.1) is 0 Å². The van der Waals surface area contributed by atoms with Crippen molar-refractivity contribution in [2.45, 2.75) is 26.7 Å². The monoisotopic (exact) mass is 180 g/mol. The maximum atomic E-state index is 10.5. The first-order chi connectivity index (χ1) is 6.11. The molecule has 0 aliphatic heterocycles. The molecule has 2 heteroatoms. The molecule has 0 aromatic rings. The van der Waals surface area contributed by atoms with E-state index in [2.05, 4.69) is 13.5 Å². The van der Waals surface area contributed by atoms with E-state index in [1.165, 1.54) is 0 Å². The quantitative estimate of drug-likeness (QED) is 0.521. The highest BCUT2D eigenvalue weighted by atomic mass is 16.4. The van der Waals surface area contributed by atoms with Gasteiger partial charge in [-0.1, -0.05) is 32.1 Å². The zero-order chi connectivity index (χ0) is 10.3. The van der Waals surface area contributed by atoms with E-state index in [1.807, 2.05) is 6.08 Å². The van der Waals surface area contributed by atoms with Gasteiger partial charge in [0.15, 0.2) is 0 Å². The first kappa shape index (κ1) is 11.7. The van der Waals surface area contributed by atoms with Crippen LogP contribution in [0.15, 0.2) is 36.0 Å². The summed E-state index contributed by atoms with van der Waals surface area (Å²) in [6, 6.07) is 0. The molecule has 1 N–H and O–H groups in total. The SMILES string of the molecule is C=CC=C(C=C(C)C(=O)O)CCC. The minimum absolute atomic E-state index is 0.363. The molecule has 0 heterocycles. The molecule has 72 valence electrons. The molecule has 0 saturated carbocycles. The van der Waals surface area contributed by atoms with Gasteiger partial charge in [0.25, 0.3) is 0 Å². The van der Waals surface area contributed by atoms with Crippen LogP contribution >= 0.6 is 0 Å². The summed E-state index contributed by atoms with van der Waals surface area (Å²) in [5.74, 6) is -0.869. The highest BCUT2D eigenvalue weighted by molar-refractivity contribution is 5.86. The number of hydrogen-bond donors (Lipinski definition) is 1. The van der Waals surface area contributed by atoms with Crippen molar-refractivity contribution in [3.05, 3.63) is 36.0 Å². The van der Waals surface area contributed by atoms with Crippen molar-refractivity contribution in [1.29, 1.82) is 0 Å². The van der Waals surface area contributed by atoms with Gasteiger partial charge >= 0.3 is 5.97 Å². The highest BCUT2D eigenvalue weighted by Gasteiger charge is 2.00. The van der Waals surface area contributed by atoms with Crippen LogP contribution in [0.2, 0.25) is 0 Å². The Morgan fingerprint density at radius 1 is 1.54 bits per heavy atom. The molecular formula is C11H16O2. The number of aliphatic carboxylic acids is 1. The van der Waals surface area contributed by atoms with Crippen LogP contribution in [-0.2, 0) is 4.79 Å². The van der Waals surface area contributed by atoms with E-state index in [4.69, 9.17) is 5.11 Å². The Balaban J connectivity index is 4.58. The summed E-state index contributed by atoms with van der Waals surface area (Å²) >= 11 is 0. The number of carbonyl (C=O) groups is 1. The van der Waals surface area contributed by atoms with Crippen LogP contribution in [0.4, 0.5) is 0 Å².